The summed E-state index contributed by atoms with van der Waals surface area (Å²) in [6, 6.07) is 6.99. The van der Waals surface area contributed by atoms with Crippen LogP contribution < -0.4 is 4.74 Å². The molecule has 2 fully saturated rings. The van der Waals surface area contributed by atoms with Crippen molar-refractivity contribution in [2.75, 3.05) is 20.2 Å². The van der Waals surface area contributed by atoms with Gasteiger partial charge in [-0.25, -0.2) is 0 Å². The van der Waals surface area contributed by atoms with Crippen LogP contribution in [0.3, 0.4) is 0 Å². The minimum atomic E-state index is -0.480. The van der Waals surface area contributed by atoms with Crippen LogP contribution in [0.5, 0.6) is 5.75 Å². The van der Waals surface area contributed by atoms with Crippen LogP contribution in [0.15, 0.2) is 24.3 Å². The first-order valence-electron chi connectivity index (χ1n) is 7.17. The summed E-state index contributed by atoms with van der Waals surface area (Å²) in [7, 11) is 1.59. The number of piperidine rings is 1. The zero-order chi connectivity index (χ0) is 14.1. The number of benzene rings is 1. The van der Waals surface area contributed by atoms with Gasteiger partial charge in [-0.2, -0.15) is 0 Å². The number of methoxy groups -OCH3 is 1. The molecule has 20 heavy (non-hydrogen) atoms. The maximum atomic E-state index is 12.5. The lowest BCUT2D eigenvalue weighted by Crippen LogP contribution is -2.37. The van der Waals surface area contributed by atoms with E-state index < -0.39 is 5.92 Å². The average Bonchev–Trinajstić information content (AvgIpc) is 2.84. The Morgan fingerprint density at radius 1 is 1.25 bits per heavy atom. The van der Waals surface area contributed by atoms with Crippen molar-refractivity contribution in [2.45, 2.75) is 25.3 Å². The van der Waals surface area contributed by atoms with Crippen LogP contribution in [0.4, 0.5) is 0 Å². The zero-order valence-corrected chi connectivity index (χ0v) is 11.7. The van der Waals surface area contributed by atoms with Crippen LogP contribution >= 0.6 is 0 Å². The van der Waals surface area contributed by atoms with E-state index in [1.807, 2.05) is 0 Å². The number of fused-ring (bicyclic) bond motifs is 1. The van der Waals surface area contributed by atoms with Gasteiger partial charge >= 0.3 is 0 Å². The van der Waals surface area contributed by atoms with Crippen molar-refractivity contribution >= 4 is 11.6 Å². The van der Waals surface area contributed by atoms with Gasteiger partial charge in [0.1, 0.15) is 5.75 Å². The second-order valence-corrected chi connectivity index (χ2v) is 5.55. The molecule has 2 aliphatic rings. The van der Waals surface area contributed by atoms with Gasteiger partial charge in [0, 0.05) is 12.1 Å². The van der Waals surface area contributed by atoms with Crippen LogP contribution in [-0.2, 0) is 4.79 Å². The Labute approximate surface area is 118 Å². The SMILES string of the molecule is COc1ccc(C(=O)C2CN3CCCCC3C2=O)cc1. The highest BCUT2D eigenvalue weighted by Gasteiger charge is 2.44. The number of Topliss-reactive ketones (excluding diaryl/α,β-unsaturated/α-hetero) is 2. The summed E-state index contributed by atoms with van der Waals surface area (Å²) in [5.41, 5.74) is 0.601. The molecule has 0 radical (unpaired) electrons. The van der Waals surface area contributed by atoms with E-state index in [4.69, 9.17) is 4.74 Å². The molecule has 1 aromatic rings. The summed E-state index contributed by atoms with van der Waals surface area (Å²) >= 11 is 0. The average molecular weight is 273 g/mol. The van der Waals surface area contributed by atoms with Crippen molar-refractivity contribution < 1.29 is 14.3 Å². The fourth-order valence-corrected chi connectivity index (χ4v) is 3.26. The van der Waals surface area contributed by atoms with Gasteiger partial charge in [-0.1, -0.05) is 6.42 Å². The topological polar surface area (TPSA) is 46.6 Å². The molecule has 0 bridgehead atoms. The molecule has 0 aromatic heterocycles. The first-order chi connectivity index (χ1) is 9.70. The van der Waals surface area contributed by atoms with Crippen molar-refractivity contribution in [2.24, 2.45) is 5.92 Å². The largest absolute Gasteiger partial charge is 0.497 e. The Balaban J connectivity index is 1.78. The zero-order valence-electron chi connectivity index (χ0n) is 11.7. The van der Waals surface area contributed by atoms with Gasteiger partial charge in [0.2, 0.25) is 0 Å². The number of hydrogen-bond acceptors (Lipinski definition) is 4. The Bertz CT molecular complexity index is 523. The van der Waals surface area contributed by atoms with E-state index in [1.54, 1.807) is 31.4 Å². The fourth-order valence-electron chi connectivity index (χ4n) is 3.26. The molecular weight excluding hydrogens is 254 g/mol. The van der Waals surface area contributed by atoms with Crippen LogP contribution in [0.1, 0.15) is 29.6 Å². The van der Waals surface area contributed by atoms with E-state index in [0.717, 1.165) is 31.6 Å². The van der Waals surface area contributed by atoms with Gasteiger partial charge in [0.05, 0.1) is 19.1 Å². The Morgan fingerprint density at radius 2 is 2.00 bits per heavy atom. The van der Waals surface area contributed by atoms with Gasteiger partial charge in [-0.3, -0.25) is 14.5 Å². The van der Waals surface area contributed by atoms with Crippen molar-refractivity contribution in [3.05, 3.63) is 29.8 Å². The highest BCUT2D eigenvalue weighted by atomic mass is 16.5. The van der Waals surface area contributed by atoms with Crippen molar-refractivity contribution in [3.63, 3.8) is 0 Å². The molecule has 2 saturated heterocycles. The Morgan fingerprint density at radius 3 is 2.65 bits per heavy atom. The van der Waals surface area contributed by atoms with Crippen LogP contribution in [0, 0.1) is 5.92 Å². The van der Waals surface area contributed by atoms with Gasteiger partial charge in [0.25, 0.3) is 0 Å². The van der Waals surface area contributed by atoms with Gasteiger partial charge < -0.3 is 4.74 Å². The highest BCUT2D eigenvalue weighted by molar-refractivity contribution is 6.13. The monoisotopic (exact) mass is 273 g/mol. The van der Waals surface area contributed by atoms with Gasteiger partial charge in [-0.05, 0) is 43.7 Å². The lowest BCUT2D eigenvalue weighted by Gasteiger charge is -2.27. The van der Waals surface area contributed by atoms with E-state index in [2.05, 4.69) is 4.90 Å². The van der Waals surface area contributed by atoms with Gasteiger partial charge in [0.15, 0.2) is 11.6 Å². The quantitative estimate of drug-likeness (QED) is 0.623. The summed E-state index contributed by atoms with van der Waals surface area (Å²) in [5, 5.41) is 0. The van der Waals surface area contributed by atoms with Crippen LogP contribution in [-0.4, -0.2) is 42.7 Å². The van der Waals surface area contributed by atoms with Gasteiger partial charge in [-0.15, -0.1) is 0 Å². The molecule has 4 nitrogen and oxygen atoms in total. The molecule has 4 heteroatoms. The Hall–Kier alpha value is -1.68. The molecule has 0 aliphatic carbocycles. The first kappa shape index (κ1) is 13.3. The van der Waals surface area contributed by atoms with Crippen molar-refractivity contribution in [3.8, 4) is 5.75 Å². The Kier molecular flexibility index (Phi) is 3.57. The fraction of sp³-hybridized carbons (Fsp3) is 0.500. The highest BCUT2D eigenvalue weighted by Crippen LogP contribution is 2.30. The molecule has 1 aromatic carbocycles. The molecule has 0 N–H and O–H groups in total. The number of hydrogen-bond donors (Lipinski definition) is 0. The third-order valence-electron chi connectivity index (χ3n) is 4.39. The molecule has 3 rings (SSSR count). The van der Waals surface area contributed by atoms with Crippen molar-refractivity contribution in [1.82, 2.24) is 4.90 Å². The van der Waals surface area contributed by atoms with E-state index in [9.17, 15) is 9.59 Å². The molecule has 2 unspecified atom stereocenters. The summed E-state index contributed by atoms with van der Waals surface area (Å²) in [4.78, 5) is 27.1. The standard InChI is InChI=1S/C16H19NO3/c1-20-12-7-5-11(6-8-12)15(18)13-10-17-9-3-2-4-14(17)16(13)19/h5-8,13-14H,2-4,9-10H2,1H3. The third kappa shape index (κ3) is 2.24. The van der Waals surface area contributed by atoms with Crippen LogP contribution in [0.2, 0.25) is 0 Å². The predicted molar refractivity (Wildman–Crippen MR) is 75.0 cm³/mol. The molecule has 2 heterocycles. The molecular formula is C16H19NO3. The van der Waals surface area contributed by atoms with Crippen molar-refractivity contribution in [1.29, 1.82) is 0 Å². The number of carbonyl (C=O) groups is 2. The number of nitrogens with zero attached hydrogens (tertiary/aromatic N) is 1. The molecule has 0 saturated carbocycles. The van der Waals surface area contributed by atoms with E-state index in [1.165, 1.54) is 0 Å². The number of carbonyl (C=O) groups excluding carboxylic acids is 2. The summed E-state index contributed by atoms with van der Waals surface area (Å²) in [6.07, 6.45) is 3.13. The molecule has 106 valence electrons. The molecule has 0 spiro atoms. The first-order valence-corrected chi connectivity index (χ1v) is 7.17. The normalized spacial score (nSPS) is 26.4. The minimum absolute atomic E-state index is 0.0176. The lowest BCUT2D eigenvalue weighted by atomic mass is 9.92. The van der Waals surface area contributed by atoms with E-state index >= 15 is 0 Å². The maximum Gasteiger partial charge on any atom is 0.174 e. The smallest absolute Gasteiger partial charge is 0.174 e. The maximum absolute atomic E-state index is 12.5. The second-order valence-electron chi connectivity index (χ2n) is 5.55. The second kappa shape index (κ2) is 5.37. The number of rotatable bonds is 3. The summed E-state index contributed by atoms with van der Waals surface area (Å²) in [5.74, 6) is 0.306. The lowest BCUT2D eigenvalue weighted by molar-refractivity contribution is -0.122. The molecule has 2 atom stereocenters. The van der Waals surface area contributed by atoms with E-state index in [-0.39, 0.29) is 17.6 Å². The summed E-state index contributed by atoms with van der Waals surface area (Å²) < 4.78 is 5.09. The summed E-state index contributed by atoms with van der Waals surface area (Å²) in [6.45, 7) is 1.54. The number of ether oxygens (including phenoxy) is 1. The molecule has 0 amide bonds. The minimum Gasteiger partial charge on any atom is -0.497 e. The van der Waals surface area contributed by atoms with E-state index in [0.29, 0.717) is 12.1 Å². The predicted octanol–water partition coefficient (Wildman–Crippen LogP) is 1.93. The molecule has 2 aliphatic heterocycles. The third-order valence-corrected chi connectivity index (χ3v) is 4.39. The van der Waals surface area contributed by atoms with Crippen LogP contribution in [0.25, 0.3) is 0 Å². The number of ketones is 2.